The lowest BCUT2D eigenvalue weighted by molar-refractivity contribution is -0.127. The van der Waals surface area contributed by atoms with Crippen molar-refractivity contribution in [3.05, 3.63) is 41.0 Å². The molecule has 4 atom stereocenters. The van der Waals surface area contributed by atoms with Crippen LogP contribution in [0.25, 0.3) is 0 Å². The van der Waals surface area contributed by atoms with Gasteiger partial charge in [-0.1, -0.05) is 38.5 Å². The molecule has 198 valence electrons. The Labute approximate surface area is 216 Å². The molecular formula is C30H44N2O4. The normalized spacial score (nSPS) is 26.8. The molecule has 3 fully saturated rings. The number of hydrogen-bond donors (Lipinski definition) is 3. The summed E-state index contributed by atoms with van der Waals surface area (Å²) in [4.78, 5) is 27.1. The highest BCUT2D eigenvalue weighted by Crippen LogP contribution is 2.54. The lowest BCUT2D eigenvalue weighted by atomic mass is 9.83. The first-order valence-corrected chi connectivity index (χ1v) is 13.6. The maximum absolute atomic E-state index is 13.6. The van der Waals surface area contributed by atoms with Gasteiger partial charge >= 0.3 is 0 Å². The van der Waals surface area contributed by atoms with Crippen LogP contribution in [0, 0.1) is 29.1 Å². The van der Waals surface area contributed by atoms with Crippen LogP contribution in [0.15, 0.2) is 29.8 Å². The number of amides is 2. The van der Waals surface area contributed by atoms with Crippen molar-refractivity contribution >= 4 is 11.8 Å². The molecule has 1 aromatic rings. The Bertz CT molecular complexity index is 1010. The van der Waals surface area contributed by atoms with Crippen LogP contribution in [0.1, 0.15) is 82.6 Å². The quantitative estimate of drug-likeness (QED) is 0.434. The largest absolute Gasteiger partial charge is 0.496 e. The van der Waals surface area contributed by atoms with Gasteiger partial charge in [0.05, 0.1) is 24.2 Å². The average molecular weight is 497 g/mol. The lowest BCUT2D eigenvalue weighted by Gasteiger charge is -2.31. The number of carbonyl (C=O) groups excluding carboxylic acids is 2. The molecule has 0 saturated heterocycles. The third-order valence-corrected chi connectivity index (χ3v) is 7.88. The van der Waals surface area contributed by atoms with Gasteiger partial charge in [-0.15, -0.1) is 0 Å². The average Bonchev–Trinajstić information content (AvgIpc) is 3.48. The van der Waals surface area contributed by atoms with Crippen LogP contribution in [0.2, 0.25) is 0 Å². The van der Waals surface area contributed by atoms with Gasteiger partial charge in [-0.25, -0.2) is 0 Å². The fourth-order valence-electron chi connectivity index (χ4n) is 5.80. The highest BCUT2D eigenvalue weighted by atomic mass is 16.5. The van der Waals surface area contributed by atoms with Crippen molar-refractivity contribution in [1.82, 2.24) is 10.6 Å². The topological polar surface area (TPSA) is 87.7 Å². The molecule has 0 heterocycles. The number of aryl methyl sites for hydroxylation is 1. The van der Waals surface area contributed by atoms with Crippen LogP contribution >= 0.6 is 0 Å². The molecule has 6 heteroatoms. The summed E-state index contributed by atoms with van der Waals surface area (Å²) in [7, 11) is 1.57. The SMILES string of the molecule is COc1ccc(CCC(C)(C)O)cc1C(=O)N[C@H]1[C@@H](C(=O)NCC(C)(C)C)[C@H]2CC[C@@H]1/C2=C\C1CC1. The minimum Gasteiger partial charge on any atom is -0.496 e. The predicted octanol–water partition coefficient (Wildman–Crippen LogP) is 4.65. The van der Waals surface area contributed by atoms with Crippen molar-refractivity contribution in [2.45, 2.75) is 84.8 Å². The van der Waals surface area contributed by atoms with E-state index < -0.39 is 5.60 Å². The van der Waals surface area contributed by atoms with Crippen LogP contribution < -0.4 is 15.4 Å². The summed E-state index contributed by atoms with van der Waals surface area (Å²) in [6.07, 6.45) is 8.16. The molecule has 0 radical (unpaired) electrons. The standard InChI is InChI=1S/C30H44N2O4/c1-29(2,3)17-31-28(34)25-20-10-11-21(22(20)15-18-7-8-18)26(25)32-27(33)23-16-19(9-12-24(23)36-6)13-14-30(4,5)35/h9,12,15-16,18,20-21,25-26,35H,7-8,10-11,13-14,17H2,1-6H3,(H,31,34)(H,32,33)/b22-15-/t20-,21+,25-,26+/m0/s1. The fourth-order valence-corrected chi connectivity index (χ4v) is 5.80. The molecule has 0 aliphatic heterocycles. The summed E-state index contributed by atoms with van der Waals surface area (Å²) in [5, 5.41) is 16.6. The van der Waals surface area contributed by atoms with Gasteiger partial charge in [0, 0.05) is 18.5 Å². The molecule has 6 nitrogen and oxygen atoms in total. The van der Waals surface area contributed by atoms with Crippen LogP contribution in [0.4, 0.5) is 0 Å². The minimum atomic E-state index is -0.774. The van der Waals surface area contributed by atoms with Gasteiger partial charge in [0.2, 0.25) is 5.91 Å². The molecule has 0 unspecified atom stereocenters. The Morgan fingerprint density at radius 2 is 1.78 bits per heavy atom. The minimum absolute atomic E-state index is 0.00432. The summed E-state index contributed by atoms with van der Waals surface area (Å²) in [6, 6.07) is 5.41. The van der Waals surface area contributed by atoms with E-state index in [0.29, 0.717) is 36.6 Å². The fraction of sp³-hybridized carbons (Fsp3) is 0.667. The number of benzene rings is 1. The van der Waals surface area contributed by atoms with Gasteiger partial charge < -0.3 is 20.5 Å². The van der Waals surface area contributed by atoms with E-state index in [9.17, 15) is 14.7 Å². The number of nitrogens with one attached hydrogen (secondary N) is 2. The van der Waals surface area contributed by atoms with Crippen molar-refractivity contribution < 1.29 is 19.4 Å². The van der Waals surface area contributed by atoms with Gasteiger partial charge in [-0.3, -0.25) is 9.59 Å². The molecule has 3 aliphatic rings. The lowest BCUT2D eigenvalue weighted by Crippen LogP contribution is -2.50. The van der Waals surface area contributed by atoms with Crippen molar-refractivity contribution in [3.63, 3.8) is 0 Å². The highest BCUT2D eigenvalue weighted by Gasteiger charge is 2.55. The van der Waals surface area contributed by atoms with Gasteiger partial charge in [-0.05, 0) is 87.3 Å². The van der Waals surface area contributed by atoms with E-state index in [4.69, 9.17) is 4.74 Å². The molecule has 1 aromatic carbocycles. The number of ether oxygens (including phenoxy) is 1. The first-order valence-electron chi connectivity index (χ1n) is 13.6. The van der Waals surface area contributed by atoms with E-state index >= 15 is 0 Å². The van der Waals surface area contributed by atoms with Crippen molar-refractivity contribution in [3.8, 4) is 5.75 Å². The van der Waals surface area contributed by atoms with Crippen molar-refractivity contribution in [2.75, 3.05) is 13.7 Å². The molecule has 36 heavy (non-hydrogen) atoms. The van der Waals surface area contributed by atoms with Crippen LogP contribution in [-0.4, -0.2) is 42.2 Å². The second-order valence-electron chi connectivity index (χ2n) is 12.9. The number of fused-ring (bicyclic) bond motifs is 2. The second-order valence-corrected chi connectivity index (χ2v) is 12.9. The van der Waals surface area contributed by atoms with E-state index in [1.54, 1.807) is 21.0 Å². The van der Waals surface area contributed by atoms with Gasteiger partial charge in [-0.2, -0.15) is 0 Å². The maximum atomic E-state index is 13.6. The maximum Gasteiger partial charge on any atom is 0.255 e. The molecule has 2 bridgehead atoms. The van der Waals surface area contributed by atoms with E-state index in [-0.39, 0.29) is 41.0 Å². The van der Waals surface area contributed by atoms with Crippen LogP contribution in [-0.2, 0) is 11.2 Å². The first kappa shape index (κ1) is 26.7. The Balaban J connectivity index is 1.57. The number of aliphatic hydroxyl groups is 1. The number of rotatable bonds is 9. The number of allylic oxidation sites excluding steroid dienone is 1. The first-order chi connectivity index (χ1) is 16.9. The number of carbonyl (C=O) groups is 2. The zero-order valence-electron chi connectivity index (χ0n) is 22.8. The number of methoxy groups -OCH3 is 1. The molecule has 3 saturated carbocycles. The zero-order valence-corrected chi connectivity index (χ0v) is 22.8. The summed E-state index contributed by atoms with van der Waals surface area (Å²) in [5.41, 5.74) is 2.07. The second kappa shape index (κ2) is 10.2. The smallest absolute Gasteiger partial charge is 0.255 e. The van der Waals surface area contributed by atoms with E-state index in [1.807, 2.05) is 18.2 Å². The Morgan fingerprint density at radius 3 is 2.39 bits per heavy atom. The molecule has 3 aliphatic carbocycles. The van der Waals surface area contributed by atoms with Gasteiger partial charge in [0.25, 0.3) is 5.91 Å². The summed E-state index contributed by atoms with van der Waals surface area (Å²) >= 11 is 0. The predicted molar refractivity (Wildman–Crippen MR) is 142 cm³/mol. The third-order valence-electron chi connectivity index (χ3n) is 7.88. The van der Waals surface area contributed by atoms with Gasteiger partial charge in [0.1, 0.15) is 5.75 Å². The third kappa shape index (κ3) is 6.31. The number of hydrogen-bond acceptors (Lipinski definition) is 4. The van der Waals surface area contributed by atoms with Crippen molar-refractivity contribution in [2.24, 2.45) is 29.1 Å². The monoisotopic (exact) mass is 496 g/mol. The van der Waals surface area contributed by atoms with Crippen LogP contribution in [0.3, 0.4) is 0 Å². The summed E-state index contributed by atoms with van der Waals surface area (Å²) in [5.74, 6) is 1.19. The van der Waals surface area contributed by atoms with Crippen molar-refractivity contribution in [1.29, 1.82) is 0 Å². The Morgan fingerprint density at radius 1 is 1.08 bits per heavy atom. The summed E-state index contributed by atoms with van der Waals surface area (Å²) in [6.45, 7) is 10.5. The summed E-state index contributed by atoms with van der Waals surface area (Å²) < 4.78 is 5.52. The Hall–Kier alpha value is -2.34. The zero-order chi connectivity index (χ0) is 26.3. The van der Waals surface area contributed by atoms with E-state index in [0.717, 1.165) is 18.4 Å². The molecule has 3 N–H and O–H groups in total. The molecule has 0 aromatic heterocycles. The van der Waals surface area contributed by atoms with Gasteiger partial charge in [0.15, 0.2) is 0 Å². The molecule has 2 amide bonds. The molecule has 0 spiro atoms. The van der Waals surface area contributed by atoms with Crippen LogP contribution in [0.5, 0.6) is 5.75 Å². The Kier molecular flexibility index (Phi) is 7.57. The van der Waals surface area contributed by atoms with E-state index in [1.165, 1.54) is 18.4 Å². The molecular weight excluding hydrogens is 452 g/mol. The molecule has 4 rings (SSSR count). The highest BCUT2D eigenvalue weighted by molar-refractivity contribution is 5.98. The van der Waals surface area contributed by atoms with E-state index in [2.05, 4.69) is 37.5 Å².